The van der Waals surface area contributed by atoms with Crippen molar-refractivity contribution in [3.63, 3.8) is 0 Å². The first-order valence-electron chi connectivity index (χ1n) is 6.43. The zero-order chi connectivity index (χ0) is 14.4. The van der Waals surface area contributed by atoms with Gasteiger partial charge in [-0.15, -0.1) is 11.3 Å². The van der Waals surface area contributed by atoms with Gasteiger partial charge in [-0.2, -0.15) is 0 Å². The molecule has 2 amide bonds. The molecule has 1 heterocycles. The van der Waals surface area contributed by atoms with E-state index in [0.29, 0.717) is 18.8 Å². The van der Waals surface area contributed by atoms with Crippen molar-refractivity contribution in [2.45, 2.75) is 32.7 Å². The molecule has 0 saturated heterocycles. The van der Waals surface area contributed by atoms with E-state index in [2.05, 4.69) is 5.32 Å². The van der Waals surface area contributed by atoms with Crippen molar-refractivity contribution < 1.29 is 9.59 Å². The molecule has 1 rings (SSSR count). The maximum absolute atomic E-state index is 12.0. The highest BCUT2D eigenvalue weighted by Gasteiger charge is 2.23. The summed E-state index contributed by atoms with van der Waals surface area (Å²) in [4.78, 5) is 26.5. The van der Waals surface area contributed by atoms with Gasteiger partial charge in [0, 0.05) is 19.0 Å². The minimum atomic E-state index is -0.428. The fourth-order valence-corrected chi connectivity index (χ4v) is 2.52. The van der Waals surface area contributed by atoms with E-state index in [1.54, 1.807) is 25.4 Å². The molecule has 1 aromatic heterocycles. The van der Waals surface area contributed by atoms with E-state index in [1.807, 2.05) is 31.4 Å². The van der Waals surface area contributed by atoms with Crippen LogP contribution in [0.4, 0.5) is 0 Å². The minimum Gasteiger partial charge on any atom is -0.347 e. The van der Waals surface area contributed by atoms with Crippen molar-refractivity contribution in [3.8, 4) is 0 Å². The summed E-state index contributed by atoms with van der Waals surface area (Å²) in [6.45, 7) is 4.09. The van der Waals surface area contributed by atoms with Crippen LogP contribution in [0.3, 0.4) is 0 Å². The molecule has 5 heteroatoms. The molecule has 0 spiro atoms. The molecular weight excluding hydrogens is 260 g/mol. The molecule has 0 radical (unpaired) electrons. The Balaban J connectivity index is 2.61. The van der Waals surface area contributed by atoms with Crippen LogP contribution in [0.15, 0.2) is 17.5 Å². The number of likely N-dealkylation sites (N-methyl/N-ethyl adjacent to an activating group) is 1. The van der Waals surface area contributed by atoms with Crippen LogP contribution in [0.2, 0.25) is 0 Å². The monoisotopic (exact) mass is 282 g/mol. The molecule has 0 bridgehead atoms. The predicted octanol–water partition coefficient (Wildman–Crippen LogP) is 1.91. The maximum Gasteiger partial charge on any atom is 0.244 e. The molecule has 0 fully saturated rings. The lowest BCUT2D eigenvalue weighted by Gasteiger charge is -2.23. The van der Waals surface area contributed by atoms with Crippen LogP contribution in [0.1, 0.15) is 25.1 Å². The molecule has 1 N–H and O–H groups in total. The van der Waals surface area contributed by atoms with Gasteiger partial charge in [0.1, 0.15) is 6.04 Å². The van der Waals surface area contributed by atoms with E-state index in [1.165, 1.54) is 4.90 Å². The second-order valence-electron chi connectivity index (χ2n) is 5.24. The largest absolute Gasteiger partial charge is 0.347 e. The number of carbonyl (C=O) groups excluding carboxylic acids is 2. The number of carbonyl (C=O) groups is 2. The topological polar surface area (TPSA) is 49.4 Å². The summed E-state index contributed by atoms with van der Waals surface area (Å²) in [5.74, 6) is 0.215. The van der Waals surface area contributed by atoms with E-state index < -0.39 is 6.04 Å². The summed E-state index contributed by atoms with van der Waals surface area (Å²) in [5.41, 5.74) is 0. The molecule has 19 heavy (non-hydrogen) atoms. The minimum absolute atomic E-state index is 0.0479. The summed E-state index contributed by atoms with van der Waals surface area (Å²) in [6, 6.07) is 3.42. The van der Waals surface area contributed by atoms with Crippen LogP contribution in [0, 0.1) is 5.92 Å². The van der Waals surface area contributed by atoms with Gasteiger partial charge in [0.15, 0.2) is 0 Å². The SMILES string of the molecule is CC(C)C[C@@H](NC(=O)Cc1cccs1)C(=O)N(C)C. The standard InChI is InChI=1S/C14H22N2O2S/c1-10(2)8-12(14(18)16(3)4)15-13(17)9-11-6-5-7-19-11/h5-7,10,12H,8-9H2,1-4H3,(H,15,17)/t12-/m1/s1. The van der Waals surface area contributed by atoms with Gasteiger partial charge in [-0.25, -0.2) is 0 Å². The van der Waals surface area contributed by atoms with Gasteiger partial charge >= 0.3 is 0 Å². The third kappa shape index (κ3) is 5.42. The van der Waals surface area contributed by atoms with Gasteiger partial charge in [-0.3, -0.25) is 9.59 Å². The Morgan fingerprint density at radius 2 is 2.05 bits per heavy atom. The van der Waals surface area contributed by atoms with Crippen molar-refractivity contribution in [3.05, 3.63) is 22.4 Å². The Bertz CT molecular complexity index is 413. The highest BCUT2D eigenvalue weighted by atomic mass is 32.1. The Labute approximate surface area is 118 Å². The van der Waals surface area contributed by atoms with E-state index in [0.717, 1.165) is 4.88 Å². The van der Waals surface area contributed by atoms with Crippen molar-refractivity contribution in [1.29, 1.82) is 0 Å². The zero-order valence-corrected chi connectivity index (χ0v) is 12.8. The average Bonchev–Trinajstić information content (AvgIpc) is 2.78. The van der Waals surface area contributed by atoms with Crippen LogP contribution < -0.4 is 5.32 Å². The quantitative estimate of drug-likeness (QED) is 0.866. The van der Waals surface area contributed by atoms with Crippen LogP contribution >= 0.6 is 11.3 Å². The molecule has 1 aromatic rings. The fourth-order valence-electron chi connectivity index (χ4n) is 1.82. The van der Waals surface area contributed by atoms with Gasteiger partial charge in [-0.05, 0) is 23.8 Å². The smallest absolute Gasteiger partial charge is 0.244 e. The van der Waals surface area contributed by atoms with E-state index in [-0.39, 0.29) is 11.8 Å². The summed E-state index contributed by atoms with van der Waals surface area (Å²) >= 11 is 1.55. The van der Waals surface area contributed by atoms with Crippen LogP contribution in [-0.2, 0) is 16.0 Å². The molecule has 0 unspecified atom stereocenters. The fraction of sp³-hybridized carbons (Fsp3) is 0.571. The summed E-state index contributed by atoms with van der Waals surface area (Å²) < 4.78 is 0. The lowest BCUT2D eigenvalue weighted by atomic mass is 10.0. The molecule has 0 aliphatic carbocycles. The predicted molar refractivity (Wildman–Crippen MR) is 78.1 cm³/mol. The average molecular weight is 282 g/mol. The number of hydrogen-bond donors (Lipinski definition) is 1. The van der Waals surface area contributed by atoms with Gasteiger partial charge in [0.25, 0.3) is 0 Å². The Kier molecular flexibility index (Phi) is 6.02. The molecule has 0 aliphatic rings. The van der Waals surface area contributed by atoms with Gasteiger partial charge in [0.05, 0.1) is 6.42 Å². The molecule has 0 aromatic carbocycles. The van der Waals surface area contributed by atoms with Crippen LogP contribution in [-0.4, -0.2) is 36.9 Å². The van der Waals surface area contributed by atoms with Crippen LogP contribution in [0.5, 0.6) is 0 Å². The first-order valence-corrected chi connectivity index (χ1v) is 7.31. The Morgan fingerprint density at radius 1 is 1.37 bits per heavy atom. The first-order chi connectivity index (χ1) is 8.90. The van der Waals surface area contributed by atoms with Crippen LogP contribution in [0.25, 0.3) is 0 Å². The number of nitrogens with zero attached hydrogens (tertiary/aromatic N) is 1. The lowest BCUT2D eigenvalue weighted by molar-refractivity contribution is -0.134. The normalized spacial score (nSPS) is 12.3. The van der Waals surface area contributed by atoms with Gasteiger partial charge in [-0.1, -0.05) is 19.9 Å². The van der Waals surface area contributed by atoms with E-state index in [4.69, 9.17) is 0 Å². The number of amides is 2. The number of nitrogens with one attached hydrogen (secondary N) is 1. The highest BCUT2D eigenvalue weighted by Crippen LogP contribution is 2.11. The highest BCUT2D eigenvalue weighted by molar-refractivity contribution is 7.10. The number of rotatable bonds is 6. The van der Waals surface area contributed by atoms with E-state index >= 15 is 0 Å². The van der Waals surface area contributed by atoms with Crippen molar-refractivity contribution in [2.24, 2.45) is 5.92 Å². The van der Waals surface area contributed by atoms with Gasteiger partial charge in [0.2, 0.25) is 11.8 Å². The maximum atomic E-state index is 12.0. The Hall–Kier alpha value is -1.36. The van der Waals surface area contributed by atoms with Crippen molar-refractivity contribution >= 4 is 23.2 Å². The molecule has 106 valence electrons. The Morgan fingerprint density at radius 3 is 2.53 bits per heavy atom. The molecule has 0 saturated carbocycles. The lowest BCUT2D eigenvalue weighted by Crippen LogP contribution is -2.47. The first kappa shape index (κ1) is 15.7. The summed E-state index contributed by atoms with van der Waals surface area (Å²) in [7, 11) is 3.42. The second-order valence-corrected chi connectivity index (χ2v) is 6.27. The van der Waals surface area contributed by atoms with Gasteiger partial charge < -0.3 is 10.2 Å². The summed E-state index contributed by atoms with van der Waals surface area (Å²) in [6.07, 6.45) is 1.00. The third-order valence-electron chi connectivity index (χ3n) is 2.70. The zero-order valence-electron chi connectivity index (χ0n) is 12.0. The third-order valence-corrected chi connectivity index (χ3v) is 3.57. The number of thiophene rings is 1. The summed E-state index contributed by atoms with van der Waals surface area (Å²) in [5, 5.41) is 4.79. The molecule has 0 aliphatic heterocycles. The van der Waals surface area contributed by atoms with Crippen molar-refractivity contribution in [2.75, 3.05) is 14.1 Å². The molecular formula is C14H22N2O2S. The second kappa shape index (κ2) is 7.28. The van der Waals surface area contributed by atoms with E-state index in [9.17, 15) is 9.59 Å². The van der Waals surface area contributed by atoms with Crippen molar-refractivity contribution in [1.82, 2.24) is 10.2 Å². The molecule has 1 atom stereocenters. The number of hydrogen-bond acceptors (Lipinski definition) is 3. The molecule has 4 nitrogen and oxygen atoms in total.